The lowest BCUT2D eigenvalue weighted by molar-refractivity contribution is -0.889. The Kier molecular flexibility index (Phi) is 43.8. The average Bonchev–Trinajstić information content (AvgIpc) is 3.23. The molecule has 0 aromatic carbocycles. The van der Waals surface area contributed by atoms with Crippen molar-refractivity contribution in [2.45, 2.75) is 264 Å². The summed E-state index contributed by atoms with van der Waals surface area (Å²) >= 11 is 0. The van der Waals surface area contributed by atoms with Gasteiger partial charge in [-0.25, -0.2) is 0 Å². The van der Waals surface area contributed by atoms with E-state index < -0.39 is 18.1 Å². The SMILES string of the molecule is CCCCC/C=C\C/C=C\CCCCCCCCCCCC(=O)OC(COCCC(C(=O)[O-])[N+](C)(C)C)COC(=O)CCCCCCCCCCCCCCCCCCCCC. The van der Waals surface area contributed by atoms with Gasteiger partial charge in [0.25, 0.3) is 0 Å². The maximum Gasteiger partial charge on any atom is 0.306 e. The van der Waals surface area contributed by atoms with E-state index in [1.807, 2.05) is 21.1 Å². The molecule has 0 aliphatic heterocycles. The van der Waals surface area contributed by atoms with Crippen molar-refractivity contribution >= 4 is 17.9 Å². The molecule has 0 aromatic heterocycles. The molecule has 0 amide bonds. The first-order valence-corrected chi connectivity index (χ1v) is 26.4. The molecule has 62 heavy (non-hydrogen) atoms. The third-order valence-corrected chi connectivity index (χ3v) is 12.1. The van der Waals surface area contributed by atoms with Crippen molar-refractivity contribution in [2.24, 2.45) is 0 Å². The molecule has 0 fully saturated rings. The maximum absolute atomic E-state index is 12.8. The number of quaternary nitrogens is 1. The van der Waals surface area contributed by atoms with Crippen molar-refractivity contribution in [1.82, 2.24) is 0 Å². The average molecular weight is 876 g/mol. The van der Waals surface area contributed by atoms with E-state index in [0.29, 0.717) is 12.8 Å². The zero-order valence-corrected chi connectivity index (χ0v) is 41.6. The molecule has 0 saturated heterocycles. The number of unbranched alkanes of at least 4 members (excludes halogenated alkanes) is 30. The van der Waals surface area contributed by atoms with Gasteiger partial charge in [0, 0.05) is 19.3 Å². The Bertz CT molecular complexity index is 1070. The predicted molar refractivity (Wildman–Crippen MR) is 259 cm³/mol. The van der Waals surface area contributed by atoms with E-state index in [9.17, 15) is 19.5 Å². The molecule has 0 aromatic rings. The summed E-state index contributed by atoms with van der Waals surface area (Å²) in [6, 6.07) is -0.724. The first-order chi connectivity index (χ1) is 30.1. The van der Waals surface area contributed by atoms with Gasteiger partial charge in [0.15, 0.2) is 6.10 Å². The Morgan fingerprint density at radius 2 is 0.855 bits per heavy atom. The summed E-state index contributed by atoms with van der Waals surface area (Å²) in [6.07, 6.45) is 52.0. The number of ether oxygens (including phenoxy) is 3. The molecule has 0 saturated carbocycles. The summed E-state index contributed by atoms with van der Waals surface area (Å²) in [4.78, 5) is 37.1. The second-order valence-corrected chi connectivity index (χ2v) is 19.1. The topological polar surface area (TPSA) is 102 Å². The third kappa shape index (κ3) is 43.1. The van der Waals surface area contributed by atoms with Gasteiger partial charge in [0.2, 0.25) is 0 Å². The van der Waals surface area contributed by atoms with E-state index in [0.717, 1.165) is 44.9 Å². The molecule has 2 atom stereocenters. The van der Waals surface area contributed by atoms with E-state index in [-0.39, 0.29) is 42.7 Å². The van der Waals surface area contributed by atoms with E-state index >= 15 is 0 Å². The van der Waals surface area contributed by atoms with E-state index in [2.05, 4.69) is 38.2 Å². The summed E-state index contributed by atoms with van der Waals surface area (Å²) < 4.78 is 17.3. The number of carboxylic acid groups (broad SMARTS) is 1. The minimum atomic E-state index is -1.12. The molecule has 364 valence electrons. The number of aliphatic carboxylic acids is 1. The number of carbonyl (C=O) groups is 3. The standard InChI is InChI=1S/C54H101NO7/c1-6-8-10-12-14-16-18-20-22-24-26-28-30-32-34-36-38-40-42-44-52(56)61-49-50(48-60-47-46-51(54(58)59)55(3,4)5)62-53(57)45-43-41-39-37-35-33-31-29-27-25-23-21-19-17-15-13-11-9-7-2/h15,17,21,23,50-51H,6-14,16,18-20,22,24-49H2,1-5H3/b17-15-,23-21-. The molecule has 0 spiro atoms. The molecular formula is C54H101NO7. The van der Waals surface area contributed by atoms with Gasteiger partial charge in [-0.1, -0.05) is 212 Å². The van der Waals surface area contributed by atoms with Crippen molar-refractivity contribution in [3.63, 3.8) is 0 Å². The Labute approximate surface area is 383 Å². The van der Waals surface area contributed by atoms with Gasteiger partial charge in [-0.15, -0.1) is 0 Å². The number of nitrogens with zero attached hydrogens (tertiary/aromatic N) is 1. The summed E-state index contributed by atoms with van der Waals surface area (Å²) in [7, 11) is 5.42. The Hall–Kier alpha value is -2.19. The summed E-state index contributed by atoms with van der Waals surface area (Å²) in [5, 5.41) is 11.7. The number of carboxylic acids is 1. The van der Waals surface area contributed by atoms with Crippen LogP contribution in [0, 0.1) is 0 Å². The van der Waals surface area contributed by atoms with E-state index in [1.54, 1.807) is 0 Å². The van der Waals surface area contributed by atoms with Crippen molar-refractivity contribution in [3.05, 3.63) is 24.3 Å². The summed E-state index contributed by atoms with van der Waals surface area (Å²) in [5.41, 5.74) is 0. The molecule has 0 aliphatic carbocycles. The minimum Gasteiger partial charge on any atom is -0.544 e. The van der Waals surface area contributed by atoms with Gasteiger partial charge >= 0.3 is 11.9 Å². The normalized spacial score (nSPS) is 13.0. The smallest absolute Gasteiger partial charge is 0.306 e. The first-order valence-electron chi connectivity index (χ1n) is 26.4. The fraction of sp³-hybridized carbons (Fsp3) is 0.870. The molecule has 0 rings (SSSR count). The molecule has 2 unspecified atom stereocenters. The van der Waals surface area contributed by atoms with Crippen LogP contribution in [0.5, 0.6) is 0 Å². The second-order valence-electron chi connectivity index (χ2n) is 19.1. The fourth-order valence-electron chi connectivity index (χ4n) is 7.99. The number of hydrogen-bond acceptors (Lipinski definition) is 7. The molecule has 0 radical (unpaired) electrons. The zero-order valence-electron chi connectivity index (χ0n) is 41.6. The van der Waals surface area contributed by atoms with E-state index in [1.165, 1.54) is 173 Å². The van der Waals surface area contributed by atoms with Gasteiger partial charge in [0.05, 0.1) is 40.3 Å². The highest BCUT2D eigenvalue weighted by Gasteiger charge is 2.25. The van der Waals surface area contributed by atoms with Gasteiger partial charge in [-0.05, 0) is 44.9 Å². The zero-order chi connectivity index (χ0) is 45.6. The fourth-order valence-corrected chi connectivity index (χ4v) is 7.99. The van der Waals surface area contributed by atoms with Crippen LogP contribution < -0.4 is 5.11 Å². The van der Waals surface area contributed by atoms with Crippen LogP contribution in [0.2, 0.25) is 0 Å². The monoisotopic (exact) mass is 876 g/mol. The lowest BCUT2D eigenvalue weighted by Crippen LogP contribution is -2.55. The van der Waals surface area contributed by atoms with Crippen LogP contribution in [-0.4, -0.2) is 75.5 Å². The Balaban J connectivity index is 4.20. The van der Waals surface area contributed by atoms with Crippen LogP contribution in [0.15, 0.2) is 24.3 Å². The molecule has 0 aliphatic rings. The molecule has 0 N–H and O–H groups in total. The van der Waals surface area contributed by atoms with Gasteiger partial charge in [0.1, 0.15) is 12.6 Å². The molecule has 8 heteroatoms. The Morgan fingerprint density at radius 3 is 1.27 bits per heavy atom. The Morgan fingerprint density at radius 1 is 0.484 bits per heavy atom. The number of carbonyl (C=O) groups excluding carboxylic acids is 3. The number of hydrogen-bond donors (Lipinski definition) is 0. The maximum atomic E-state index is 12.8. The number of esters is 2. The van der Waals surface area contributed by atoms with Crippen LogP contribution in [0.4, 0.5) is 0 Å². The summed E-state index contributed by atoms with van der Waals surface area (Å²) in [5.74, 6) is -1.72. The number of rotatable bonds is 48. The molecule has 0 heterocycles. The van der Waals surface area contributed by atoms with Crippen LogP contribution >= 0.6 is 0 Å². The quantitative estimate of drug-likeness (QED) is 0.0260. The highest BCUT2D eigenvalue weighted by atomic mass is 16.6. The third-order valence-electron chi connectivity index (χ3n) is 12.1. The van der Waals surface area contributed by atoms with E-state index in [4.69, 9.17) is 14.2 Å². The van der Waals surface area contributed by atoms with Crippen LogP contribution in [0.1, 0.15) is 251 Å². The van der Waals surface area contributed by atoms with Crippen LogP contribution in [-0.2, 0) is 28.6 Å². The first kappa shape index (κ1) is 59.8. The van der Waals surface area contributed by atoms with Crippen LogP contribution in [0.25, 0.3) is 0 Å². The second kappa shape index (κ2) is 45.4. The van der Waals surface area contributed by atoms with Gasteiger partial charge in [-0.3, -0.25) is 9.59 Å². The lowest BCUT2D eigenvalue weighted by atomic mass is 10.0. The highest BCUT2D eigenvalue weighted by Crippen LogP contribution is 2.16. The van der Waals surface area contributed by atoms with Crippen molar-refractivity contribution in [3.8, 4) is 0 Å². The molecule has 0 bridgehead atoms. The molecule has 8 nitrogen and oxygen atoms in total. The van der Waals surface area contributed by atoms with Crippen molar-refractivity contribution in [1.29, 1.82) is 0 Å². The largest absolute Gasteiger partial charge is 0.544 e. The summed E-state index contributed by atoms with van der Waals surface area (Å²) in [6.45, 7) is 4.68. The van der Waals surface area contributed by atoms with Gasteiger partial charge < -0.3 is 28.6 Å². The predicted octanol–water partition coefficient (Wildman–Crippen LogP) is 13.9. The van der Waals surface area contributed by atoms with Crippen molar-refractivity contribution in [2.75, 3.05) is 41.0 Å². The number of allylic oxidation sites excluding steroid dienone is 4. The van der Waals surface area contributed by atoms with Gasteiger partial charge in [-0.2, -0.15) is 0 Å². The minimum absolute atomic E-state index is 0.0437. The molecular weight excluding hydrogens is 775 g/mol. The number of likely N-dealkylation sites (N-methyl/N-ethyl adjacent to an activating group) is 1. The van der Waals surface area contributed by atoms with Crippen molar-refractivity contribution < 1.29 is 38.2 Å². The highest BCUT2D eigenvalue weighted by molar-refractivity contribution is 5.70. The lowest BCUT2D eigenvalue weighted by Gasteiger charge is -2.34. The van der Waals surface area contributed by atoms with Crippen LogP contribution in [0.3, 0.4) is 0 Å².